The first-order valence-electron chi connectivity index (χ1n) is 10.2. The molecule has 3 aromatic carbocycles. The van der Waals surface area contributed by atoms with Crippen LogP contribution in [0.4, 0.5) is 14.5 Å². The van der Waals surface area contributed by atoms with E-state index in [0.717, 1.165) is 23.8 Å². The molecule has 0 saturated carbocycles. The smallest absolute Gasteiger partial charge is 0.303 e. The van der Waals surface area contributed by atoms with Crippen LogP contribution in [0.5, 0.6) is 5.75 Å². The molecule has 0 radical (unpaired) electrons. The number of aliphatic carboxylic acids is 1. The molecule has 1 N–H and O–H groups in total. The molecule has 3 aromatic rings. The Morgan fingerprint density at radius 2 is 1.79 bits per heavy atom. The molecule has 1 aliphatic rings. The van der Waals surface area contributed by atoms with Crippen LogP contribution < -0.4 is 9.04 Å². The highest BCUT2D eigenvalue weighted by Crippen LogP contribution is 2.40. The number of nitrogens with zero attached hydrogens (tertiary/aromatic N) is 1. The number of carboxylic acid groups (broad SMARTS) is 1. The largest absolute Gasteiger partial charge is 0.486 e. The first-order valence-corrected chi connectivity index (χ1v) is 11.7. The lowest BCUT2D eigenvalue weighted by atomic mass is 10.0. The Bertz CT molecular complexity index is 1310. The lowest BCUT2D eigenvalue weighted by Gasteiger charge is -2.35. The minimum atomic E-state index is -4.03. The van der Waals surface area contributed by atoms with Crippen LogP contribution in [-0.2, 0) is 14.8 Å². The minimum absolute atomic E-state index is 0.0783. The van der Waals surface area contributed by atoms with Crippen LogP contribution in [0.1, 0.15) is 18.4 Å². The third-order valence-electron chi connectivity index (χ3n) is 5.34. The Kier molecular flexibility index (Phi) is 6.07. The fourth-order valence-electron chi connectivity index (χ4n) is 3.78. The van der Waals surface area contributed by atoms with Gasteiger partial charge in [0.1, 0.15) is 23.5 Å². The summed E-state index contributed by atoms with van der Waals surface area (Å²) in [6, 6.07) is 14.1. The zero-order chi connectivity index (χ0) is 23.8. The number of carboxylic acids is 1. The average molecular weight is 473 g/mol. The molecule has 0 aromatic heterocycles. The maximum absolute atomic E-state index is 13.8. The van der Waals surface area contributed by atoms with E-state index in [1.165, 1.54) is 22.5 Å². The molecule has 4 rings (SSSR count). The van der Waals surface area contributed by atoms with Gasteiger partial charge in [-0.1, -0.05) is 18.2 Å². The summed E-state index contributed by atoms with van der Waals surface area (Å²) in [7, 11) is -4.03. The van der Waals surface area contributed by atoms with Crippen molar-refractivity contribution in [1.82, 2.24) is 0 Å². The molecule has 0 fully saturated rings. The van der Waals surface area contributed by atoms with Crippen molar-refractivity contribution in [3.8, 4) is 16.9 Å². The van der Waals surface area contributed by atoms with Crippen molar-refractivity contribution in [2.75, 3.05) is 10.8 Å². The van der Waals surface area contributed by atoms with Crippen LogP contribution in [0.2, 0.25) is 0 Å². The van der Waals surface area contributed by atoms with Crippen LogP contribution in [0.3, 0.4) is 0 Å². The Morgan fingerprint density at radius 1 is 1.06 bits per heavy atom. The third-order valence-corrected chi connectivity index (χ3v) is 7.12. The normalized spacial score (nSPS) is 15.6. The van der Waals surface area contributed by atoms with E-state index in [0.29, 0.717) is 5.56 Å². The highest BCUT2D eigenvalue weighted by atomic mass is 32.2. The van der Waals surface area contributed by atoms with E-state index in [9.17, 15) is 22.0 Å². The number of ether oxygens (including phenoxy) is 1. The summed E-state index contributed by atoms with van der Waals surface area (Å²) in [6.45, 7) is 1.68. The number of benzene rings is 3. The van der Waals surface area contributed by atoms with Gasteiger partial charge < -0.3 is 9.84 Å². The summed E-state index contributed by atoms with van der Waals surface area (Å²) >= 11 is 0. The minimum Gasteiger partial charge on any atom is -0.486 e. The summed E-state index contributed by atoms with van der Waals surface area (Å²) in [6.07, 6.45) is -0.740. The topological polar surface area (TPSA) is 83.9 Å². The highest BCUT2D eigenvalue weighted by molar-refractivity contribution is 7.92. The standard InChI is InChI=1S/C24H21F2NO5S/c1-15-3-2-4-21(9-15)33(30,31)27-14-20(6-8-24(28)29)32-23-7-5-16(12-22(23)27)17-10-18(25)13-19(26)11-17/h2-5,7,9-13,20H,6,8,14H2,1H3,(H,28,29)/t20-/m0/s1. The fourth-order valence-corrected chi connectivity index (χ4v) is 5.38. The van der Waals surface area contributed by atoms with Gasteiger partial charge in [0.15, 0.2) is 0 Å². The summed E-state index contributed by atoms with van der Waals surface area (Å²) in [5, 5.41) is 9.03. The average Bonchev–Trinajstić information content (AvgIpc) is 2.76. The Balaban J connectivity index is 1.81. The van der Waals surface area contributed by atoms with E-state index >= 15 is 0 Å². The van der Waals surface area contributed by atoms with Gasteiger partial charge in [-0.25, -0.2) is 17.2 Å². The molecule has 0 aliphatic carbocycles. The van der Waals surface area contributed by atoms with Gasteiger partial charge in [-0.2, -0.15) is 0 Å². The molecule has 172 valence electrons. The number of hydrogen-bond donors (Lipinski definition) is 1. The third kappa shape index (κ3) is 4.83. The van der Waals surface area contributed by atoms with Gasteiger partial charge in [-0.15, -0.1) is 0 Å². The van der Waals surface area contributed by atoms with E-state index in [2.05, 4.69) is 0 Å². The second-order valence-electron chi connectivity index (χ2n) is 7.87. The Hall–Kier alpha value is -3.46. The molecular weight excluding hydrogens is 452 g/mol. The van der Waals surface area contributed by atoms with Gasteiger partial charge in [-0.3, -0.25) is 9.10 Å². The second-order valence-corrected chi connectivity index (χ2v) is 9.73. The van der Waals surface area contributed by atoms with Crippen molar-refractivity contribution in [3.05, 3.63) is 77.9 Å². The summed E-state index contributed by atoms with van der Waals surface area (Å²) in [5.41, 5.74) is 1.63. The van der Waals surface area contributed by atoms with Crippen molar-refractivity contribution < 1.29 is 31.8 Å². The molecule has 1 aliphatic heterocycles. The van der Waals surface area contributed by atoms with Crippen molar-refractivity contribution in [3.63, 3.8) is 0 Å². The first-order chi connectivity index (χ1) is 15.6. The molecule has 0 saturated heterocycles. The number of carbonyl (C=O) groups is 1. The van der Waals surface area contributed by atoms with E-state index in [4.69, 9.17) is 9.84 Å². The number of fused-ring (bicyclic) bond motifs is 1. The van der Waals surface area contributed by atoms with Gasteiger partial charge in [0, 0.05) is 12.5 Å². The van der Waals surface area contributed by atoms with Crippen molar-refractivity contribution in [2.45, 2.75) is 30.8 Å². The van der Waals surface area contributed by atoms with Gasteiger partial charge in [0.25, 0.3) is 10.0 Å². The first kappa shape index (κ1) is 22.7. The highest BCUT2D eigenvalue weighted by Gasteiger charge is 2.35. The molecule has 1 heterocycles. The van der Waals surface area contributed by atoms with Crippen LogP contribution in [0, 0.1) is 18.6 Å². The van der Waals surface area contributed by atoms with E-state index in [-0.39, 0.29) is 41.3 Å². The van der Waals surface area contributed by atoms with E-state index < -0.39 is 33.7 Å². The molecule has 0 bridgehead atoms. The number of anilines is 1. The molecule has 9 heteroatoms. The number of halogens is 2. The number of hydrogen-bond acceptors (Lipinski definition) is 4. The molecule has 33 heavy (non-hydrogen) atoms. The molecular formula is C24H21F2NO5S. The fraction of sp³-hybridized carbons (Fsp3) is 0.208. The predicted octanol–water partition coefficient (Wildman–Crippen LogP) is 4.76. The van der Waals surface area contributed by atoms with Crippen molar-refractivity contribution in [1.29, 1.82) is 0 Å². The molecule has 1 atom stereocenters. The molecule has 0 unspecified atom stereocenters. The maximum atomic E-state index is 13.8. The van der Waals surface area contributed by atoms with Gasteiger partial charge in [-0.05, 0) is 66.4 Å². The van der Waals surface area contributed by atoms with Gasteiger partial charge in [0.2, 0.25) is 0 Å². The molecule has 0 amide bonds. The quantitative estimate of drug-likeness (QED) is 0.558. The number of rotatable bonds is 6. The van der Waals surface area contributed by atoms with Crippen LogP contribution >= 0.6 is 0 Å². The summed E-state index contributed by atoms with van der Waals surface area (Å²) < 4.78 is 61.7. The van der Waals surface area contributed by atoms with Crippen molar-refractivity contribution in [2.24, 2.45) is 0 Å². The number of sulfonamides is 1. The summed E-state index contributed by atoms with van der Waals surface area (Å²) in [4.78, 5) is 11.1. The van der Waals surface area contributed by atoms with E-state index in [1.807, 2.05) is 0 Å². The maximum Gasteiger partial charge on any atom is 0.303 e. The zero-order valence-electron chi connectivity index (χ0n) is 17.7. The molecule has 6 nitrogen and oxygen atoms in total. The van der Waals surface area contributed by atoms with Crippen LogP contribution in [0.25, 0.3) is 11.1 Å². The van der Waals surface area contributed by atoms with E-state index in [1.54, 1.807) is 31.2 Å². The molecule has 0 spiro atoms. The van der Waals surface area contributed by atoms with Crippen LogP contribution in [0.15, 0.2) is 65.6 Å². The zero-order valence-corrected chi connectivity index (χ0v) is 18.5. The lowest BCUT2D eigenvalue weighted by molar-refractivity contribution is -0.137. The number of aryl methyl sites for hydroxylation is 1. The van der Waals surface area contributed by atoms with Gasteiger partial charge in [0.05, 0.1) is 17.1 Å². The summed E-state index contributed by atoms with van der Waals surface area (Å²) in [5.74, 6) is -2.27. The van der Waals surface area contributed by atoms with Crippen molar-refractivity contribution >= 4 is 21.7 Å². The lowest BCUT2D eigenvalue weighted by Crippen LogP contribution is -2.43. The van der Waals surface area contributed by atoms with Gasteiger partial charge >= 0.3 is 5.97 Å². The van der Waals surface area contributed by atoms with Crippen LogP contribution in [-0.4, -0.2) is 32.1 Å². The Labute approximate surface area is 190 Å². The second kappa shape index (κ2) is 8.82. The SMILES string of the molecule is Cc1cccc(S(=O)(=O)N2C[C@H](CCC(=O)O)Oc3ccc(-c4cc(F)cc(F)c4)cc32)c1. The Morgan fingerprint density at radius 3 is 2.45 bits per heavy atom. The predicted molar refractivity (Wildman–Crippen MR) is 119 cm³/mol. The monoisotopic (exact) mass is 473 g/mol.